The third-order valence-electron chi connectivity index (χ3n) is 2.67. The summed E-state index contributed by atoms with van der Waals surface area (Å²) in [5.41, 5.74) is 0. The quantitative estimate of drug-likeness (QED) is 0.758. The number of aliphatic hydroxyl groups is 1. The first-order chi connectivity index (χ1) is 6.74. The highest BCUT2D eigenvalue weighted by Crippen LogP contribution is 2.15. The molecule has 1 rings (SSSR count). The molecule has 0 saturated carbocycles. The molecule has 1 heterocycles. The fraction of sp³-hybridized carbons (Fsp3) is 0.667. The maximum atomic E-state index is 9.81. The van der Waals surface area contributed by atoms with Gasteiger partial charge in [0.05, 0.1) is 12.4 Å². The summed E-state index contributed by atoms with van der Waals surface area (Å²) >= 11 is 0. The van der Waals surface area contributed by atoms with Crippen molar-refractivity contribution in [2.75, 3.05) is 0 Å². The fourth-order valence-corrected chi connectivity index (χ4v) is 1.68. The Labute approximate surface area is 85.9 Å². The van der Waals surface area contributed by atoms with Crippen LogP contribution in [0.25, 0.3) is 0 Å². The summed E-state index contributed by atoms with van der Waals surface area (Å²) in [6.45, 7) is 4.26. The summed E-state index contributed by atoms with van der Waals surface area (Å²) < 4.78 is 5.21. The zero-order valence-corrected chi connectivity index (χ0v) is 9.07. The molecule has 2 heteroatoms. The maximum Gasteiger partial charge on any atom is 0.103 e. The van der Waals surface area contributed by atoms with Crippen molar-refractivity contribution in [1.29, 1.82) is 0 Å². The standard InChI is InChI=1S/C12H20O2/c1-3-5-10(2)12(13)8-7-11-6-4-9-14-11/h4,6,9-10,12-13H,3,5,7-8H2,1-2H3. The van der Waals surface area contributed by atoms with E-state index in [1.54, 1.807) is 6.26 Å². The van der Waals surface area contributed by atoms with Gasteiger partial charge < -0.3 is 9.52 Å². The highest BCUT2D eigenvalue weighted by atomic mass is 16.3. The Hall–Kier alpha value is -0.760. The van der Waals surface area contributed by atoms with Crippen LogP contribution in [0.3, 0.4) is 0 Å². The average Bonchev–Trinajstić information content (AvgIpc) is 2.67. The van der Waals surface area contributed by atoms with Gasteiger partial charge in [-0.25, -0.2) is 0 Å². The Morgan fingerprint density at radius 3 is 2.79 bits per heavy atom. The maximum absolute atomic E-state index is 9.81. The van der Waals surface area contributed by atoms with Crippen LogP contribution in [0.4, 0.5) is 0 Å². The smallest absolute Gasteiger partial charge is 0.103 e. The van der Waals surface area contributed by atoms with Crippen molar-refractivity contribution < 1.29 is 9.52 Å². The molecule has 80 valence electrons. The van der Waals surface area contributed by atoms with Crippen LogP contribution in [0.15, 0.2) is 22.8 Å². The molecule has 0 bridgehead atoms. The molecule has 2 nitrogen and oxygen atoms in total. The van der Waals surface area contributed by atoms with Crippen LogP contribution >= 0.6 is 0 Å². The number of aryl methyl sites for hydroxylation is 1. The van der Waals surface area contributed by atoms with Gasteiger partial charge in [-0.15, -0.1) is 0 Å². The number of furan rings is 1. The van der Waals surface area contributed by atoms with Gasteiger partial charge in [0.15, 0.2) is 0 Å². The minimum atomic E-state index is -0.194. The first-order valence-electron chi connectivity index (χ1n) is 5.44. The summed E-state index contributed by atoms with van der Waals surface area (Å²) in [7, 11) is 0. The van der Waals surface area contributed by atoms with Crippen molar-refractivity contribution in [3.05, 3.63) is 24.2 Å². The zero-order chi connectivity index (χ0) is 10.4. The van der Waals surface area contributed by atoms with Crippen LogP contribution in [0.1, 0.15) is 38.9 Å². The molecule has 0 amide bonds. The average molecular weight is 196 g/mol. The van der Waals surface area contributed by atoms with Gasteiger partial charge in [0, 0.05) is 6.42 Å². The van der Waals surface area contributed by atoms with E-state index in [0.29, 0.717) is 5.92 Å². The van der Waals surface area contributed by atoms with Gasteiger partial charge in [0.25, 0.3) is 0 Å². The van der Waals surface area contributed by atoms with Gasteiger partial charge in [-0.05, 0) is 30.9 Å². The lowest BCUT2D eigenvalue weighted by Crippen LogP contribution is -2.18. The first kappa shape index (κ1) is 11.3. The molecule has 14 heavy (non-hydrogen) atoms. The van der Waals surface area contributed by atoms with Gasteiger partial charge in [-0.1, -0.05) is 20.3 Å². The Kier molecular flexibility index (Phi) is 4.74. The Bertz CT molecular complexity index is 228. The monoisotopic (exact) mass is 196 g/mol. The fourth-order valence-electron chi connectivity index (χ4n) is 1.68. The molecule has 0 aliphatic rings. The van der Waals surface area contributed by atoms with Crippen LogP contribution in [0.2, 0.25) is 0 Å². The summed E-state index contributed by atoms with van der Waals surface area (Å²) in [5.74, 6) is 1.36. The molecule has 0 aliphatic carbocycles. The first-order valence-corrected chi connectivity index (χ1v) is 5.44. The summed E-state index contributed by atoms with van der Waals surface area (Å²) in [6.07, 6.45) is 5.35. The highest BCUT2D eigenvalue weighted by Gasteiger charge is 2.13. The number of rotatable bonds is 6. The second-order valence-corrected chi connectivity index (χ2v) is 3.95. The number of hydrogen-bond acceptors (Lipinski definition) is 2. The van der Waals surface area contributed by atoms with Crippen molar-refractivity contribution in [3.8, 4) is 0 Å². The van der Waals surface area contributed by atoms with Gasteiger partial charge in [0.1, 0.15) is 5.76 Å². The van der Waals surface area contributed by atoms with E-state index in [1.165, 1.54) is 0 Å². The second kappa shape index (κ2) is 5.86. The molecule has 1 N–H and O–H groups in total. The third-order valence-corrected chi connectivity index (χ3v) is 2.67. The van der Waals surface area contributed by atoms with E-state index in [4.69, 9.17) is 4.42 Å². The minimum absolute atomic E-state index is 0.194. The second-order valence-electron chi connectivity index (χ2n) is 3.95. The molecular weight excluding hydrogens is 176 g/mol. The largest absolute Gasteiger partial charge is 0.469 e. The topological polar surface area (TPSA) is 33.4 Å². The van der Waals surface area contributed by atoms with E-state index in [2.05, 4.69) is 13.8 Å². The van der Waals surface area contributed by atoms with Gasteiger partial charge in [0.2, 0.25) is 0 Å². The van der Waals surface area contributed by atoms with Crippen LogP contribution in [0, 0.1) is 5.92 Å². The molecule has 0 aromatic carbocycles. The Morgan fingerprint density at radius 1 is 1.43 bits per heavy atom. The molecule has 0 radical (unpaired) electrons. The Balaban J connectivity index is 2.24. The van der Waals surface area contributed by atoms with Crippen LogP contribution in [0.5, 0.6) is 0 Å². The normalized spacial score (nSPS) is 15.4. The summed E-state index contributed by atoms with van der Waals surface area (Å²) in [5, 5.41) is 9.81. The van der Waals surface area contributed by atoms with E-state index in [0.717, 1.165) is 31.4 Å². The van der Waals surface area contributed by atoms with E-state index in [9.17, 15) is 5.11 Å². The summed E-state index contributed by atoms with van der Waals surface area (Å²) in [4.78, 5) is 0. The molecule has 1 aromatic heterocycles. The van der Waals surface area contributed by atoms with Gasteiger partial charge in [-0.2, -0.15) is 0 Å². The Morgan fingerprint density at radius 2 is 2.21 bits per heavy atom. The van der Waals surface area contributed by atoms with Crippen molar-refractivity contribution >= 4 is 0 Å². The highest BCUT2D eigenvalue weighted by molar-refractivity contribution is 4.98. The molecule has 1 aromatic rings. The van der Waals surface area contributed by atoms with Crippen molar-refractivity contribution in [1.82, 2.24) is 0 Å². The van der Waals surface area contributed by atoms with Crippen LogP contribution < -0.4 is 0 Å². The minimum Gasteiger partial charge on any atom is -0.469 e. The number of hydrogen-bond donors (Lipinski definition) is 1. The lowest BCUT2D eigenvalue weighted by atomic mass is 9.95. The van der Waals surface area contributed by atoms with Gasteiger partial charge >= 0.3 is 0 Å². The van der Waals surface area contributed by atoms with E-state index in [-0.39, 0.29) is 6.10 Å². The third kappa shape index (κ3) is 3.54. The van der Waals surface area contributed by atoms with Crippen LogP contribution in [-0.4, -0.2) is 11.2 Å². The molecule has 0 saturated heterocycles. The van der Waals surface area contributed by atoms with Crippen molar-refractivity contribution in [2.24, 2.45) is 5.92 Å². The SMILES string of the molecule is CCCC(C)C(O)CCc1ccco1. The lowest BCUT2D eigenvalue weighted by molar-refractivity contribution is 0.101. The molecule has 0 aliphatic heterocycles. The molecular formula is C12H20O2. The van der Waals surface area contributed by atoms with Crippen LogP contribution in [-0.2, 0) is 6.42 Å². The van der Waals surface area contributed by atoms with E-state index >= 15 is 0 Å². The number of aliphatic hydroxyl groups excluding tert-OH is 1. The molecule has 2 atom stereocenters. The van der Waals surface area contributed by atoms with Gasteiger partial charge in [-0.3, -0.25) is 0 Å². The lowest BCUT2D eigenvalue weighted by Gasteiger charge is -2.17. The van der Waals surface area contributed by atoms with E-state index < -0.39 is 0 Å². The predicted octanol–water partition coefficient (Wildman–Crippen LogP) is 3.01. The van der Waals surface area contributed by atoms with E-state index in [1.807, 2.05) is 12.1 Å². The van der Waals surface area contributed by atoms with Crippen molar-refractivity contribution in [2.45, 2.75) is 45.6 Å². The molecule has 2 unspecified atom stereocenters. The molecule has 0 fully saturated rings. The predicted molar refractivity (Wildman–Crippen MR) is 57.1 cm³/mol. The molecule has 0 spiro atoms. The zero-order valence-electron chi connectivity index (χ0n) is 9.07. The van der Waals surface area contributed by atoms with Crippen molar-refractivity contribution in [3.63, 3.8) is 0 Å². The summed E-state index contributed by atoms with van der Waals surface area (Å²) in [6, 6.07) is 3.84.